The van der Waals surface area contributed by atoms with E-state index in [9.17, 15) is 0 Å². The molecule has 1 unspecified atom stereocenters. The number of nitrogens with zero attached hydrogens (tertiary/aromatic N) is 2. The molecule has 3 heterocycles. The zero-order chi connectivity index (χ0) is 14.7. The lowest BCUT2D eigenvalue weighted by molar-refractivity contribution is 0.127. The van der Waals surface area contributed by atoms with Gasteiger partial charge in [0.25, 0.3) is 0 Å². The lowest BCUT2D eigenvalue weighted by Gasteiger charge is -2.29. The van der Waals surface area contributed by atoms with Crippen LogP contribution in [0.5, 0.6) is 0 Å². The minimum absolute atomic E-state index is 0.0234. The van der Waals surface area contributed by atoms with Crippen molar-refractivity contribution in [3.05, 3.63) is 17.3 Å². The van der Waals surface area contributed by atoms with E-state index in [1.165, 1.54) is 11.3 Å². The van der Waals surface area contributed by atoms with Crippen LogP contribution in [0.1, 0.15) is 24.6 Å². The van der Waals surface area contributed by atoms with Crippen LogP contribution in [0.15, 0.2) is 12.4 Å². The Hall–Kier alpha value is -1.24. The topological polar surface area (TPSA) is 59.1 Å². The van der Waals surface area contributed by atoms with Gasteiger partial charge in [0.05, 0.1) is 17.5 Å². The summed E-state index contributed by atoms with van der Waals surface area (Å²) in [6.45, 7) is 4.77. The number of aromatic nitrogens is 2. The molecule has 5 nitrogen and oxygen atoms in total. The van der Waals surface area contributed by atoms with E-state index < -0.39 is 0 Å². The first-order valence-electron chi connectivity index (χ1n) is 7.47. The molecule has 0 aromatic carbocycles. The SMILES string of the molecule is CCc1cc2c(NCC3(COC)CCCN3)ncnc2s1. The van der Waals surface area contributed by atoms with Gasteiger partial charge in [-0.25, -0.2) is 9.97 Å². The predicted octanol–water partition coefficient (Wildman–Crippen LogP) is 2.43. The summed E-state index contributed by atoms with van der Waals surface area (Å²) in [5.41, 5.74) is 0.0234. The third kappa shape index (κ3) is 3.02. The molecular formula is C15H22N4OS. The van der Waals surface area contributed by atoms with E-state index in [2.05, 4.69) is 33.6 Å². The second-order valence-electron chi connectivity index (χ2n) is 5.60. The molecule has 1 aliphatic rings. The number of hydrogen-bond donors (Lipinski definition) is 2. The van der Waals surface area contributed by atoms with Gasteiger partial charge < -0.3 is 15.4 Å². The van der Waals surface area contributed by atoms with Crippen LogP contribution in [0.4, 0.5) is 5.82 Å². The maximum absolute atomic E-state index is 5.39. The van der Waals surface area contributed by atoms with Crippen LogP contribution in [-0.4, -0.2) is 42.3 Å². The molecule has 6 heteroatoms. The normalized spacial score (nSPS) is 22.0. The zero-order valence-electron chi connectivity index (χ0n) is 12.6. The molecule has 2 aromatic heterocycles. The summed E-state index contributed by atoms with van der Waals surface area (Å²) in [5, 5.41) is 8.21. The summed E-state index contributed by atoms with van der Waals surface area (Å²) in [6.07, 6.45) is 5.01. The lowest BCUT2D eigenvalue weighted by atomic mass is 9.98. The van der Waals surface area contributed by atoms with Crippen LogP contribution in [0.3, 0.4) is 0 Å². The van der Waals surface area contributed by atoms with Gasteiger partial charge in [0.2, 0.25) is 0 Å². The van der Waals surface area contributed by atoms with Crippen LogP contribution in [0.25, 0.3) is 10.2 Å². The van der Waals surface area contributed by atoms with Gasteiger partial charge in [-0.1, -0.05) is 6.92 Å². The van der Waals surface area contributed by atoms with Crippen LogP contribution >= 0.6 is 11.3 Å². The van der Waals surface area contributed by atoms with Crippen molar-refractivity contribution in [1.29, 1.82) is 0 Å². The molecule has 2 aromatic rings. The van der Waals surface area contributed by atoms with Gasteiger partial charge in [0, 0.05) is 18.5 Å². The Kier molecular flexibility index (Phi) is 4.37. The summed E-state index contributed by atoms with van der Waals surface area (Å²) in [4.78, 5) is 11.2. The second-order valence-corrected chi connectivity index (χ2v) is 6.72. The van der Waals surface area contributed by atoms with E-state index in [1.807, 2.05) is 0 Å². The van der Waals surface area contributed by atoms with Crippen LogP contribution in [-0.2, 0) is 11.2 Å². The van der Waals surface area contributed by atoms with E-state index in [-0.39, 0.29) is 5.54 Å². The number of thiophene rings is 1. The summed E-state index contributed by atoms with van der Waals surface area (Å²) in [6, 6.07) is 2.20. The second kappa shape index (κ2) is 6.25. The van der Waals surface area contributed by atoms with Gasteiger partial charge in [-0.05, 0) is 31.9 Å². The first kappa shape index (κ1) is 14.7. The Morgan fingerprint density at radius 3 is 3.10 bits per heavy atom. The van der Waals surface area contributed by atoms with E-state index in [0.717, 1.165) is 48.6 Å². The largest absolute Gasteiger partial charge is 0.383 e. The molecule has 0 bridgehead atoms. The molecule has 0 amide bonds. The van der Waals surface area contributed by atoms with Gasteiger partial charge >= 0.3 is 0 Å². The first-order chi connectivity index (χ1) is 10.3. The lowest BCUT2D eigenvalue weighted by Crippen LogP contribution is -2.49. The van der Waals surface area contributed by atoms with Gasteiger partial charge in [-0.15, -0.1) is 11.3 Å². The fourth-order valence-electron chi connectivity index (χ4n) is 2.94. The Labute approximate surface area is 129 Å². The molecule has 0 aliphatic carbocycles. The third-order valence-electron chi connectivity index (χ3n) is 4.08. The monoisotopic (exact) mass is 306 g/mol. The number of fused-ring (bicyclic) bond motifs is 1. The number of ether oxygens (including phenoxy) is 1. The van der Waals surface area contributed by atoms with Crippen molar-refractivity contribution in [2.45, 2.75) is 31.7 Å². The smallest absolute Gasteiger partial charge is 0.138 e. The average Bonchev–Trinajstić information content (AvgIpc) is 3.12. The highest BCUT2D eigenvalue weighted by molar-refractivity contribution is 7.18. The molecular weight excluding hydrogens is 284 g/mol. The van der Waals surface area contributed by atoms with Crippen molar-refractivity contribution in [3.63, 3.8) is 0 Å². The van der Waals surface area contributed by atoms with Gasteiger partial charge in [0.1, 0.15) is 17.0 Å². The van der Waals surface area contributed by atoms with Crippen molar-refractivity contribution in [1.82, 2.24) is 15.3 Å². The summed E-state index contributed by atoms with van der Waals surface area (Å²) in [7, 11) is 1.76. The highest BCUT2D eigenvalue weighted by Crippen LogP contribution is 2.29. The Morgan fingerprint density at radius 2 is 2.38 bits per heavy atom. The molecule has 1 saturated heterocycles. The van der Waals surface area contributed by atoms with Crippen molar-refractivity contribution < 1.29 is 4.74 Å². The molecule has 0 saturated carbocycles. The van der Waals surface area contributed by atoms with Crippen molar-refractivity contribution in [2.24, 2.45) is 0 Å². The number of rotatable bonds is 6. The number of aryl methyl sites for hydroxylation is 1. The third-order valence-corrected chi connectivity index (χ3v) is 5.26. The van der Waals surface area contributed by atoms with Crippen molar-refractivity contribution in [2.75, 3.05) is 32.1 Å². The van der Waals surface area contributed by atoms with E-state index in [4.69, 9.17) is 4.74 Å². The highest BCUT2D eigenvalue weighted by atomic mass is 32.1. The molecule has 1 fully saturated rings. The maximum atomic E-state index is 5.39. The minimum Gasteiger partial charge on any atom is -0.383 e. The molecule has 21 heavy (non-hydrogen) atoms. The van der Waals surface area contributed by atoms with E-state index in [1.54, 1.807) is 24.8 Å². The van der Waals surface area contributed by atoms with Crippen molar-refractivity contribution in [3.8, 4) is 0 Å². The fourth-order valence-corrected chi connectivity index (χ4v) is 3.88. The van der Waals surface area contributed by atoms with Crippen molar-refractivity contribution >= 4 is 27.4 Å². The predicted molar refractivity (Wildman–Crippen MR) is 87.1 cm³/mol. The first-order valence-corrected chi connectivity index (χ1v) is 8.29. The number of anilines is 1. The van der Waals surface area contributed by atoms with E-state index >= 15 is 0 Å². The summed E-state index contributed by atoms with van der Waals surface area (Å²) in [5.74, 6) is 0.931. The maximum Gasteiger partial charge on any atom is 0.138 e. The van der Waals surface area contributed by atoms with Gasteiger partial charge in [-0.3, -0.25) is 0 Å². The summed E-state index contributed by atoms with van der Waals surface area (Å²) >= 11 is 1.75. The highest BCUT2D eigenvalue weighted by Gasteiger charge is 2.33. The number of methoxy groups -OCH3 is 1. The molecule has 0 radical (unpaired) electrons. The molecule has 1 aliphatic heterocycles. The Bertz CT molecular complexity index is 607. The van der Waals surface area contributed by atoms with Crippen LogP contribution < -0.4 is 10.6 Å². The molecule has 0 spiro atoms. The number of nitrogens with one attached hydrogen (secondary N) is 2. The Balaban J connectivity index is 1.79. The quantitative estimate of drug-likeness (QED) is 0.858. The van der Waals surface area contributed by atoms with Gasteiger partial charge in [-0.2, -0.15) is 0 Å². The standard InChI is InChI=1S/C15H22N4OS/c1-3-11-7-12-13(17-10-18-14(12)21-11)16-8-15(9-20-2)5-4-6-19-15/h7,10,19H,3-6,8-9H2,1-2H3,(H,16,17,18). The fraction of sp³-hybridized carbons (Fsp3) is 0.600. The Morgan fingerprint density at radius 1 is 1.48 bits per heavy atom. The molecule has 1 atom stereocenters. The molecule has 114 valence electrons. The summed E-state index contributed by atoms with van der Waals surface area (Å²) < 4.78 is 5.39. The number of hydrogen-bond acceptors (Lipinski definition) is 6. The van der Waals surface area contributed by atoms with Crippen LogP contribution in [0.2, 0.25) is 0 Å². The van der Waals surface area contributed by atoms with Gasteiger partial charge in [0.15, 0.2) is 0 Å². The van der Waals surface area contributed by atoms with Crippen LogP contribution in [0, 0.1) is 0 Å². The molecule has 2 N–H and O–H groups in total. The average molecular weight is 306 g/mol. The van der Waals surface area contributed by atoms with E-state index in [0.29, 0.717) is 0 Å². The minimum atomic E-state index is 0.0234. The zero-order valence-corrected chi connectivity index (χ0v) is 13.4. The molecule has 3 rings (SSSR count).